The maximum absolute atomic E-state index is 11.6. The second-order valence-corrected chi connectivity index (χ2v) is 3.78. The van der Waals surface area contributed by atoms with Crippen molar-refractivity contribution in [3.8, 4) is 0 Å². The minimum Gasteiger partial charge on any atom is -0.457 e. The first-order valence-electron chi connectivity index (χ1n) is 5.80. The molecule has 96 valence electrons. The van der Waals surface area contributed by atoms with Crippen LogP contribution >= 0.6 is 0 Å². The van der Waals surface area contributed by atoms with Crippen LogP contribution in [0, 0.1) is 0 Å². The Bertz CT molecular complexity index is 407. The Morgan fingerprint density at radius 1 is 1.28 bits per heavy atom. The van der Waals surface area contributed by atoms with Gasteiger partial charge >= 0.3 is 5.97 Å². The summed E-state index contributed by atoms with van der Waals surface area (Å²) in [4.78, 5) is 11.6. The van der Waals surface area contributed by atoms with Crippen molar-refractivity contribution >= 4 is 5.97 Å². The summed E-state index contributed by atoms with van der Waals surface area (Å²) in [7, 11) is 0. The number of rotatable bonds is 7. The molecule has 0 aliphatic carbocycles. The summed E-state index contributed by atoms with van der Waals surface area (Å²) in [6, 6.07) is 9.58. The number of hydrogen-bond donors (Lipinski definition) is 0. The third kappa shape index (κ3) is 5.46. The van der Waals surface area contributed by atoms with Crippen molar-refractivity contribution in [1.29, 1.82) is 0 Å². The van der Waals surface area contributed by atoms with Gasteiger partial charge in [0.1, 0.15) is 6.61 Å². The maximum Gasteiger partial charge on any atom is 0.333 e. The van der Waals surface area contributed by atoms with Crippen LogP contribution < -0.4 is 0 Å². The number of carbonyl (C=O) groups excluding carboxylic acids is 1. The molecule has 0 saturated carbocycles. The van der Waals surface area contributed by atoms with Crippen molar-refractivity contribution < 1.29 is 14.3 Å². The minimum atomic E-state index is -0.318. The van der Waals surface area contributed by atoms with E-state index in [1.165, 1.54) is 0 Å². The first-order chi connectivity index (χ1) is 8.74. The van der Waals surface area contributed by atoms with Crippen LogP contribution in [0.1, 0.15) is 12.5 Å². The summed E-state index contributed by atoms with van der Waals surface area (Å²) < 4.78 is 10.3. The summed E-state index contributed by atoms with van der Waals surface area (Å²) >= 11 is 0. The van der Waals surface area contributed by atoms with E-state index in [1.807, 2.05) is 30.3 Å². The van der Waals surface area contributed by atoms with Crippen LogP contribution in [0.5, 0.6) is 0 Å². The zero-order chi connectivity index (χ0) is 13.2. The SMILES string of the molecule is C=CCOC/C=C(\C)C(=O)OCc1ccccc1. The van der Waals surface area contributed by atoms with E-state index < -0.39 is 0 Å². The average molecular weight is 246 g/mol. The summed E-state index contributed by atoms with van der Waals surface area (Å²) in [5.41, 5.74) is 1.52. The van der Waals surface area contributed by atoms with Gasteiger partial charge in [-0.1, -0.05) is 36.4 Å². The normalized spacial score (nSPS) is 11.1. The van der Waals surface area contributed by atoms with E-state index in [0.29, 0.717) is 25.4 Å². The Morgan fingerprint density at radius 2 is 2.00 bits per heavy atom. The van der Waals surface area contributed by atoms with Crippen molar-refractivity contribution in [1.82, 2.24) is 0 Å². The van der Waals surface area contributed by atoms with E-state index in [0.717, 1.165) is 5.56 Å². The molecule has 0 atom stereocenters. The summed E-state index contributed by atoms with van der Waals surface area (Å²) in [6.45, 7) is 6.40. The van der Waals surface area contributed by atoms with Crippen LogP contribution in [0.25, 0.3) is 0 Å². The zero-order valence-electron chi connectivity index (χ0n) is 10.6. The molecule has 0 aromatic heterocycles. The van der Waals surface area contributed by atoms with Gasteiger partial charge in [0.05, 0.1) is 13.2 Å². The van der Waals surface area contributed by atoms with Crippen LogP contribution in [0.3, 0.4) is 0 Å². The van der Waals surface area contributed by atoms with Crippen LogP contribution in [0.15, 0.2) is 54.6 Å². The molecule has 1 aromatic rings. The quantitative estimate of drug-likeness (QED) is 0.321. The standard InChI is InChI=1S/C15H18O3/c1-3-10-17-11-9-13(2)15(16)18-12-14-7-5-4-6-8-14/h3-9H,1,10-12H2,2H3/b13-9+. The molecule has 1 rings (SSSR count). The zero-order valence-corrected chi connectivity index (χ0v) is 10.6. The van der Waals surface area contributed by atoms with Gasteiger partial charge in [-0.05, 0) is 18.6 Å². The Hall–Kier alpha value is -1.87. The predicted molar refractivity (Wildman–Crippen MR) is 71.0 cm³/mol. The maximum atomic E-state index is 11.6. The van der Waals surface area contributed by atoms with Gasteiger partial charge in [-0.3, -0.25) is 0 Å². The Morgan fingerprint density at radius 3 is 2.67 bits per heavy atom. The van der Waals surface area contributed by atoms with Crippen molar-refractivity contribution in [2.45, 2.75) is 13.5 Å². The van der Waals surface area contributed by atoms with E-state index in [4.69, 9.17) is 9.47 Å². The molecule has 1 aromatic carbocycles. The second-order valence-electron chi connectivity index (χ2n) is 3.78. The Balaban J connectivity index is 2.33. The largest absolute Gasteiger partial charge is 0.457 e. The molecule has 0 spiro atoms. The van der Waals surface area contributed by atoms with Gasteiger partial charge in [0.2, 0.25) is 0 Å². The fourth-order valence-corrected chi connectivity index (χ4v) is 1.26. The number of ether oxygens (including phenoxy) is 2. The Kier molecular flexibility index (Phi) is 6.51. The highest BCUT2D eigenvalue weighted by atomic mass is 16.5. The van der Waals surface area contributed by atoms with Gasteiger partial charge in [0.25, 0.3) is 0 Å². The molecule has 18 heavy (non-hydrogen) atoms. The minimum absolute atomic E-state index is 0.290. The van der Waals surface area contributed by atoms with Crippen LogP contribution in [-0.4, -0.2) is 19.2 Å². The van der Waals surface area contributed by atoms with E-state index in [-0.39, 0.29) is 5.97 Å². The molecule has 0 aliphatic rings. The van der Waals surface area contributed by atoms with E-state index in [9.17, 15) is 4.79 Å². The highest BCUT2D eigenvalue weighted by molar-refractivity contribution is 5.87. The van der Waals surface area contributed by atoms with E-state index >= 15 is 0 Å². The average Bonchev–Trinajstić information content (AvgIpc) is 2.42. The van der Waals surface area contributed by atoms with Crippen molar-refractivity contribution in [2.75, 3.05) is 13.2 Å². The molecular weight excluding hydrogens is 228 g/mol. The molecule has 3 heteroatoms. The highest BCUT2D eigenvalue weighted by Gasteiger charge is 2.05. The monoisotopic (exact) mass is 246 g/mol. The molecule has 0 heterocycles. The lowest BCUT2D eigenvalue weighted by Gasteiger charge is -2.05. The molecule has 0 N–H and O–H groups in total. The molecular formula is C15H18O3. The van der Waals surface area contributed by atoms with E-state index in [2.05, 4.69) is 6.58 Å². The van der Waals surface area contributed by atoms with Gasteiger partial charge in [0.15, 0.2) is 0 Å². The van der Waals surface area contributed by atoms with Crippen molar-refractivity contribution in [3.05, 3.63) is 60.2 Å². The van der Waals surface area contributed by atoms with Gasteiger partial charge in [-0.25, -0.2) is 4.79 Å². The highest BCUT2D eigenvalue weighted by Crippen LogP contribution is 2.04. The van der Waals surface area contributed by atoms with E-state index in [1.54, 1.807) is 19.1 Å². The molecule has 0 unspecified atom stereocenters. The third-order valence-electron chi connectivity index (χ3n) is 2.28. The summed E-state index contributed by atoms with van der Waals surface area (Å²) in [5, 5.41) is 0. The molecule has 0 bridgehead atoms. The smallest absolute Gasteiger partial charge is 0.333 e. The lowest BCUT2D eigenvalue weighted by molar-refractivity contribution is -0.140. The summed E-state index contributed by atoms with van der Waals surface area (Å²) in [6.07, 6.45) is 3.37. The van der Waals surface area contributed by atoms with Crippen LogP contribution in [0.4, 0.5) is 0 Å². The van der Waals surface area contributed by atoms with Crippen molar-refractivity contribution in [3.63, 3.8) is 0 Å². The number of benzene rings is 1. The van der Waals surface area contributed by atoms with Crippen LogP contribution in [-0.2, 0) is 20.9 Å². The Labute approximate surface area is 108 Å². The second kappa shape index (κ2) is 8.25. The van der Waals surface area contributed by atoms with Gasteiger partial charge in [-0.2, -0.15) is 0 Å². The topological polar surface area (TPSA) is 35.5 Å². The first kappa shape index (κ1) is 14.2. The fourth-order valence-electron chi connectivity index (χ4n) is 1.26. The number of esters is 1. The predicted octanol–water partition coefficient (Wildman–Crippen LogP) is 2.88. The lowest BCUT2D eigenvalue weighted by atomic mass is 10.2. The van der Waals surface area contributed by atoms with Gasteiger partial charge in [0, 0.05) is 5.57 Å². The molecule has 0 aliphatic heterocycles. The molecule has 0 amide bonds. The van der Waals surface area contributed by atoms with Gasteiger partial charge in [-0.15, -0.1) is 6.58 Å². The van der Waals surface area contributed by atoms with Gasteiger partial charge < -0.3 is 9.47 Å². The first-order valence-corrected chi connectivity index (χ1v) is 5.80. The molecule has 3 nitrogen and oxygen atoms in total. The molecule has 0 radical (unpaired) electrons. The number of carbonyl (C=O) groups is 1. The van der Waals surface area contributed by atoms with Crippen LogP contribution in [0.2, 0.25) is 0 Å². The lowest BCUT2D eigenvalue weighted by Crippen LogP contribution is -2.06. The fraction of sp³-hybridized carbons (Fsp3) is 0.267. The molecule has 0 fully saturated rings. The summed E-state index contributed by atoms with van der Waals surface area (Å²) in [5.74, 6) is -0.318. The molecule has 0 saturated heterocycles. The van der Waals surface area contributed by atoms with Crippen molar-refractivity contribution in [2.24, 2.45) is 0 Å². The number of hydrogen-bond acceptors (Lipinski definition) is 3. The third-order valence-corrected chi connectivity index (χ3v) is 2.28.